The first-order valence-electron chi connectivity index (χ1n) is 16.0. The number of carbonyl (C=O) groups is 3. The Morgan fingerprint density at radius 3 is 2.24 bits per heavy atom. The number of H-pyrrole nitrogens is 1. The van der Waals surface area contributed by atoms with Crippen molar-refractivity contribution in [3.8, 4) is 22.9 Å². The molecule has 16 heteroatoms. The number of ether oxygens (including phenoxy) is 1. The molecule has 4 rings (SSSR count). The standard InChI is InChI=1S/C33H42N8O8/c1-3-15-40-29-27(32(47)41(16-4-2)33(40)48)38-28(39-29)21-7-11-23(12-8-21)49-19-26(44)35-13-14-36-31(46)25(18-42)37-30(45)24(34)17-20-5-9-22(43)10-6-20/h5-12,24-25,42-43H,3-4,13-19,34H2,1-2H3,(H,35,44)(H,36,46)(H,37,45)(H,38,39)/t24-,25-/m0/s1. The van der Waals surface area contributed by atoms with E-state index in [0.29, 0.717) is 54.3 Å². The van der Waals surface area contributed by atoms with E-state index in [1.54, 1.807) is 36.4 Å². The van der Waals surface area contributed by atoms with Crippen molar-refractivity contribution in [3.05, 3.63) is 74.9 Å². The molecule has 49 heavy (non-hydrogen) atoms. The molecule has 0 aliphatic heterocycles. The van der Waals surface area contributed by atoms with Crippen LogP contribution in [0.3, 0.4) is 0 Å². The van der Waals surface area contributed by atoms with E-state index in [2.05, 4.69) is 25.9 Å². The Labute approximate surface area is 281 Å². The van der Waals surface area contributed by atoms with Gasteiger partial charge in [-0.25, -0.2) is 9.78 Å². The fourth-order valence-corrected chi connectivity index (χ4v) is 5.02. The summed E-state index contributed by atoms with van der Waals surface area (Å²) in [5, 5.41) is 26.5. The van der Waals surface area contributed by atoms with Crippen LogP contribution in [-0.4, -0.2) is 85.4 Å². The molecule has 8 N–H and O–H groups in total. The number of aromatic nitrogens is 4. The molecule has 4 aromatic rings. The summed E-state index contributed by atoms with van der Waals surface area (Å²) in [6, 6.07) is 10.7. The summed E-state index contributed by atoms with van der Waals surface area (Å²) in [5.41, 5.74) is 7.05. The van der Waals surface area contributed by atoms with Crippen LogP contribution >= 0.6 is 0 Å². The average Bonchev–Trinajstić information content (AvgIpc) is 3.55. The van der Waals surface area contributed by atoms with Crippen LogP contribution in [0.2, 0.25) is 0 Å². The number of aliphatic hydroxyl groups excluding tert-OH is 1. The van der Waals surface area contributed by atoms with Gasteiger partial charge in [0.1, 0.15) is 28.9 Å². The van der Waals surface area contributed by atoms with Crippen molar-refractivity contribution >= 4 is 28.9 Å². The lowest BCUT2D eigenvalue weighted by atomic mass is 10.1. The zero-order valence-electron chi connectivity index (χ0n) is 27.4. The number of aromatic hydroxyl groups is 1. The molecule has 16 nitrogen and oxygen atoms in total. The summed E-state index contributed by atoms with van der Waals surface area (Å²) in [4.78, 5) is 70.7. The number of hydrogen-bond acceptors (Lipinski definition) is 10. The van der Waals surface area contributed by atoms with Gasteiger partial charge in [0.05, 0.1) is 12.6 Å². The Hall–Kier alpha value is -5.48. The second-order valence-electron chi connectivity index (χ2n) is 11.3. The van der Waals surface area contributed by atoms with Crippen molar-refractivity contribution in [3.63, 3.8) is 0 Å². The molecule has 0 aliphatic carbocycles. The molecular weight excluding hydrogens is 636 g/mol. The fraction of sp³-hybridized carbons (Fsp3) is 0.394. The maximum atomic E-state index is 13.0. The number of fused-ring (bicyclic) bond motifs is 1. The number of imidazole rings is 1. The van der Waals surface area contributed by atoms with Crippen LogP contribution in [0.4, 0.5) is 0 Å². The highest BCUT2D eigenvalue weighted by molar-refractivity contribution is 5.90. The number of aromatic amines is 1. The third kappa shape index (κ3) is 9.33. The fourth-order valence-electron chi connectivity index (χ4n) is 5.02. The smallest absolute Gasteiger partial charge is 0.332 e. The largest absolute Gasteiger partial charge is 0.508 e. The third-order valence-electron chi connectivity index (χ3n) is 7.54. The zero-order valence-corrected chi connectivity index (χ0v) is 27.4. The number of rotatable bonds is 17. The van der Waals surface area contributed by atoms with Gasteiger partial charge in [-0.2, -0.15) is 0 Å². The quantitative estimate of drug-likeness (QED) is 0.0723. The summed E-state index contributed by atoms with van der Waals surface area (Å²) in [6.45, 7) is 3.70. The van der Waals surface area contributed by atoms with Crippen LogP contribution in [-0.2, 0) is 33.9 Å². The minimum atomic E-state index is -1.24. The predicted molar refractivity (Wildman–Crippen MR) is 181 cm³/mol. The Morgan fingerprint density at radius 1 is 0.939 bits per heavy atom. The van der Waals surface area contributed by atoms with Gasteiger partial charge in [0, 0.05) is 31.7 Å². The number of nitrogens with one attached hydrogen (secondary N) is 4. The molecule has 3 amide bonds. The summed E-state index contributed by atoms with van der Waals surface area (Å²) in [6.07, 6.45) is 1.49. The summed E-state index contributed by atoms with van der Waals surface area (Å²) < 4.78 is 8.29. The number of nitrogens with two attached hydrogens (primary N) is 1. The highest BCUT2D eigenvalue weighted by Crippen LogP contribution is 2.22. The molecule has 0 radical (unpaired) electrons. The van der Waals surface area contributed by atoms with Crippen LogP contribution in [0.25, 0.3) is 22.6 Å². The highest BCUT2D eigenvalue weighted by Gasteiger charge is 2.23. The van der Waals surface area contributed by atoms with Gasteiger partial charge in [-0.1, -0.05) is 26.0 Å². The van der Waals surface area contributed by atoms with E-state index in [0.717, 1.165) is 0 Å². The van der Waals surface area contributed by atoms with Crippen LogP contribution < -0.4 is 37.7 Å². The van der Waals surface area contributed by atoms with E-state index < -0.39 is 42.0 Å². The SMILES string of the molecule is CCCn1c(=O)c2[nH]c(-c3ccc(OCC(=O)NCCNC(=O)[C@H](CO)NC(=O)[C@@H](N)Cc4ccc(O)cc4)cc3)nc2n(CCC)c1=O. The third-order valence-corrected chi connectivity index (χ3v) is 7.54. The number of phenols is 1. The van der Waals surface area contributed by atoms with Gasteiger partial charge in [0.2, 0.25) is 11.8 Å². The second-order valence-corrected chi connectivity index (χ2v) is 11.3. The summed E-state index contributed by atoms with van der Waals surface area (Å²) >= 11 is 0. The molecule has 0 saturated heterocycles. The van der Waals surface area contributed by atoms with Crippen LogP contribution in [0.5, 0.6) is 11.5 Å². The Balaban J connectivity index is 1.23. The van der Waals surface area contributed by atoms with Gasteiger partial charge >= 0.3 is 5.69 Å². The lowest BCUT2D eigenvalue weighted by Gasteiger charge is -2.19. The van der Waals surface area contributed by atoms with Crippen LogP contribution in [0.1, 0.15) is 32.3 Å². The lowest BCUT2D eigenvalue weighted by Crippen LogP contribution is -2.54. The second kappa shape index (κ2) is 17.1. The molecule has 2 aromatic carbocycles. The average molecular weight is 679 g/mol. The van der Waals surface area contributed by atoms with Gasteiger partial charge in [-0.15, -0.1) is 0 Å². The van der Waals surface area contributed by atoms with Crippen molar-refractivity contribution in [2.75, 3.05) is 26.3 Å². The van der Waals surface area contributed by atoms with Crippen molar-refractivity contribution in [2.24, 2.45) is 5.73 Å². The van der Waals surface area contributed by atoms with Crippen LogP contribution in [0.15, 0.2) is 58.1 Å². The lowest BCUT2D eigenvalue weighted by molar-refractivity contribution is -0.130. The topological polar surface area (TPSA) is 236 Å². The van der Waals surface area contributed by atoms with Crippen molar-refractivity contribution in [1.29, 1.82) is 0 Å². The van der Waals surface area contributed by atoms with Crippen molar-refractivity contribution < 1.29 is 29.3 Å². The molecular formula is C33H42N8O8. The van der Waals surface area contributed by atoms with E-state index in [9.17, 15) is 34.2 Å². The highest BCUT2D eigenvalue weighted by atomic mass is 16.5. The summed E-state index contributed by atoms with van der Waals surface area (Å²) in [7, 11) is 0. The van der Waals surface area contributed by atoms with E-state index in [-0.39, 0.29) is 43.1 Å². The molecule has 0 aliphatic rings. The Bertz CT molecular complexity index is 1870. The molecule has 262 valence electrons. The zero-order chi connectivity index (χ0) is 35.5. The van der Waals surface area contributed by atoms with E-state index in [4.69, 9.17) is 10.5 Å². The normalized spacial score (nSPS) is 12.3. The number of benzene rings is 2. The predicted octanol–water partition coefficient (Wildman–Crippen LogP) is -0.263. The van der Waals surface area contributed by atoms with E-state index in [1.165, 1.54) is 21.3 Å². The number of nitrogens with zero attached hydrogens (tertiary/aromatic N) is 3. The molecule has 2 heterocycles. The molecule has 2 atom stereocenters. The van der Waals surface area contributed by atoms with Gasteiger partial charge in [-0.05, 0) is 61.2 Å². The van der Waals surface area contributed by atoms with E-state index >= 15 is 0 Å². The molecule has 0 bridgehead atoms. The molecule has 0 spiro atoms. The van der Waals surface area contributed by atoms with Crippen molar-refractivity contribution in [2.45, 2.75) is 58.3 Å². The van der Waals surface area contributed by atoms with Gasteiger partial charge in [0.25, 0.3) is 11.5 Å². The van der Waals surface area contributed by atoms with Crippen molar-refractivity contribution in [1.82, 2.24) is 35.1 Å². The Morgan fingerprint density at radius 2 is 1.59 bits per heavy atom. The Kier molecular flexibility index (Phi) is 12.7. The first kappa shape index (κ1) is 36.4. The number of carbonyl (C=O) groups excluding carboxylic acids is 3. The number of amides is 3. The number of aryl methyl sites for hydroxylation is 1. The minimum Gasteiger partial charge on any atom is -0.508 e. The van der Waals surface area contributed by atoms with E-state index in [1.807, 2.05) is 13.8 Å². The van der Waals surface area contributed by atoms with Gasteiger partial charge < -0.3 is 41.6 Å². The van der Waals surface area contributed by atoms with Gasteiger partial charge in [0.15, 0.2) is 12.3 Å². The maximum absolute atomic E-state index is 13.0. The number of aliphatic hydroxyl groups is 1. The molecule has 0 unspecified atom stereocenters. The first-order valence-corrected chi connectivity index (χ1v) is 16.0. The number of hydrogen-bond donors (Lipinski definition) is 7. The maximum Gasteiger partial charge on any atom is 0.332 e. The molecule has 2 aromatic heterocycles. The minimum absolute atomic E-state index is 0.0261. The molecule has 0 fully saturated rings. The van der Waals surface area contributed by atoms with Crippen LogP contribution in [0, 0.1) is 0 Å². The molecule has 0 saturated carbocycles. The van der Waals surface area contributed by atoms with Gasteiger partial charge in [-0.3, -0.25) is 28.3 Å². The monoisotopic (exact) mass is 678 g/mol. The first-order chi connectivity index (χ1) is 23.6. The summed E-state index contributed by atoms with van der Waals surface area (Å²) in [5.74, 6) is -0.827. The number of phenolic OH excluding ortho intramolecular Hbond substituents is 1.